The lowest BCUT2D eigenvalue weighted by Crippen LogP contribution is -2.48. The quantitative estimate of drug-likeness (QED) is 0.910. The summed E-state index contributed by atoms with van der Waals surface area (Å²) in [5, 5.41) is 2.96. The summed E-state index contributed by atoms with van der Waals surface area (Å²) in [6.07, 6.45) is 0.875. The minimum atomic E-state index is 0.0180. The molecule has 2 heterocycles. The van der Waals surface area contributed by atoms with Gasteiger partial charge >= 0.3 is 0 Å². The molecule has 1 N–H and O–H groups in total. The highest BCUT2D eigenvalue weighted by molar-refractivity contribution is 5.92. The third kappa shape index (κ3) is 4.36. The van der Waals surface area contributed by atoms with Crippen molar-refractivity contribution in [3.63, 3.8) is 0 Å². The van der Waals surface area contributed by atoms with Gasteiger partial charge in [0.1, 0.15) is 0 Å². The van der Waals surface area contributed by atoms with Crippen molar-refractivity contribution in [1.29, 1.82) is 0 Å². The van der Waals surface area contributed by atoms with Gasteiger partial charge in [-0.05, 0) is 18.7 Å². The standard InChI is InChI=1S/C17H25N3O3/c1-2-19-6-8-20(9-7-19)13-17(21)18-14-4-5-15-16(12-14)23-11-3-10-22-15/h4-5,12H,2-3,6-11,13H2,1H3,(H,18,21). The summed E-state index contributed by atoms with van der Waals surface area (Å²) in [5.74, 6) is 1.47. The highest BCUT2D eigenvalue weighted by atomic mass is 16.5. The van der Waals surface area contributed by atoms with Crippen molar-refractivity contribution in [3.05, 3.63) is 18.2 Å². The summed E-state index contributed by atoms with van der Waals surface area (Å²) in [6.45, 7) is 8.97. The number of rotatable bonds is 4. The average Bonchev–Trinajstić information content (AvgIpc) is 2.80. The van der Waals surface area contributed by atoms with Gasteiger partial charge in [0, 0.05) is 44.4 Å². The Morgan fingerprint density at radius 3 is 2.52 bits per heavy atom. The van der Waals surface area contributed by atoms with Crippen LogP contribution in [0.4, 0.5) is 5.69 Å². The molecular formula is C17H25N3O3. The molecule has 0 aliphatic carbocycles. The Morgan fingerprint density at radius 2 is 1.78 bits per heavy atom. The van der Waals surface area contributed by atoms with Gasteiger partial charge in [0.05, 0.1) is 19.8 Å². The minimum absolute atomic E-state index is 0.0180. The molecule has 3 rings (SSSR count). The molecule has 0 bridgehead atoms. The molecule has 1 fully saturated rings. The Morgan fingerprint density at radius 1 is 1.09 bits per heavy atom. The molecule has 0 atom stereocenters. The number of piperazine rings is 1. The normalized spacial score (nSPS) is 19.2. The predicted molar refractivity (Wildman–Crippen MR) is 89.2 cm³/mol. The lowest BCUT2D eigenvalue weighted by Gasteiger charge is -2.33. The number of likely N-dealkylation sites (N-methyl/N-ethyl adjacent to an activating group) is 1. The van der Waals surface area contributed by atoms with Crippen molar-refractivity contribution in [3.8, 4) is 11.5 Å². The van der Waals surface area contributed by atoms with Crippen LogP contribution >= 0.6 is 0 Å². The van der Waals surface area contributed by atoms with E-state index >= 15 is 0 Å². The van der Waals surface area contributed by atoms with Crippen LogP contribution < -0.4 is 14.8 Å². The molecule has 1 aromatic rings. The third-order valence-corrected chi connectivity index (χ3v) is 4.31. The highest BCUT2D eigenvalue weighted by Gasteiger charge is 2.18. The van der Waals surface area contributed by atoms with Crippen molar-refractivity contribution in [2.75, 3.05) is 57.8 Å². The van der Waals surface area contributed by atoms with E-state index < -0.39 is 0 Å². The molecule has 0 saturated carbocycles. The molecule has 1 aromatic carbocycles. The number of nitrogens with one attached hydrogen (secondary N) is 1. The number of carbonyl (C=O) groups excluding carboxylic acids is 1. The predicted octanol–water partition coefficient (Wildman–Crippen LogP) is 1.42. The Labute approximate surface area is 137 Å². The molecule has 0 spiro atoms. The monoisotopic (exact) mass is 319 g/mol. The Hall–Kier alpha value is -1.79. The molecule has 1 saturated heterocycles. The summed E-state index contributed by atoms with van der Waals surface area (Å²) in [4.78, 5) is 16.8. The fourth-order valence-corrected chi connectivity index (χ4v) is 2.91. The zero-order valence-corrected chi connectivity index (χ0v) is 13.7. The molecule has 23 heavy (non-hydrogen) atoms. The second kappa shape index (κ2) is 7.66. The van der Waals surface area contributed by atoms with E-state index in [1.54, 1.807) is 0 Å². The maximum Gasteiger partial charge on any atom is 0.238 e. The Balaban J connectivity index is 1.53. The van der Waals surface area contributed by atoms with Gasteiger partial charge in [-0.1, -0.05) is 6.92 Å². The molecular weight excluding hydrogens is 294 g/mol. The van der Waals surface area contributed by atoms with Gasteiger partial charge in [-0.15, -0.1) is 0 Å². The first-order valence-corrected chi connectivity index (χ1v) is 8.39. The van der Waals surface area contributed by atoms with Crippen molar-refractivity contribution < 1.29 is 14.3 Å². The maximum atomic E-state index is 12.2. The summed E-state index contributed by atoms with van der Waals surface area (Å²) < 4.78 is 11.3. The van der Waals surface area contributed by atoms with Crippen LogP contribution in [0.1, 0.15) is 13.3 Å². The van der Waals surface area contributed by atoms with Crippen LogP contribution in [0.25, 0.3) is 0 Å². The summed E-state index contributed by atoms with van der Waals surface area (Å²) in [7, 11) is 0. The molecule has 6 heteroatoms. The van der Waals surface area contributed by atoms with Crippen LogP contribution in [-0.2, 0) is 4.79 Å². The topological polar surface area (TPSA) is 54.0 Å². The first kappa shape index (κ1) is 16.1. The van der Waals surface area contributed by atoms with Crippen LogP contribution in [-0.4, -0.2) is 68.2 Å². The van der Waals surface area contributed by atoms with E-state index in [0.29, 0.717) is 25.5 Å². The lowest BCUT2D eigenvalue weighted by molar-refractivity contribution is -0.117. The lowest BCUT2D eigenvalue weighted by atomic mass is 10.2. The van der Waals surface area contributed by atoms with Crippen molar-refractivity contribution >= 4 is 11.6 Å². The van der Waals surface area contributed by atoms with E-state index in [9.17, 15) is 4.79 Å². The van der Waals surface area contributed by atoms with E-state index in [0.717, 1.165) is 50.6 Å². The highest BCUT2D eigenvalue weighted by Crippen LogP contribution is 2.32. The first-order chi connectivity index (χ1) is 11.2. The van der Waals surface area contributed by atoms with Crippen molar-refractivity contribution in [2.45, 2.75) is 13.3 Å². The smallest absolute Gasteiger partial charge is 0.238 e. The Kier molecular flexibility index (Phi) is 5.35. The van der Waals surface area contributed by atoms with Gasteiger partial charge in [0.25, 0.3) is 0 Å². The van der Waals surface area contributed by atoms with Gasteiger partial charge in [-0.2, -0.15) is 0 Å². The van der Waals surface area contributed by atoms with E-state index in [2.05, 4.69) is 22.0 Å². The SMILES string of the molecule is CCN1CCN(CC(=O)Nc2ccc3c(c2)OCCCO3)CC1. The van der Waals surface area contributed by atoms with E-state index in [1.807, 2.05) is 18.2 Å². The number of carbonyl (C=O) groups is 1. The fourth-order valence-electron chi connectivity index (χ4n) is 2.91. The van der Waals surface area contributed by atoms with E-state index in [4.69, 9.17) is 9.47 Å². The number of ether oxygens (including phenoxy) is 2. The molecule has 1 amide bonds. The largest absolute Gasteiger partial charge is 0.490 e. The number of hydrogen-bond acceptors (Lipinski definition) is 5. The van der Waals surface area contributed by atoms with Crippen LogP contribution in [0.2, 0.25) is 0 Å². The van der Waals surface area contributed by atoms with Gasteiger partial charge in [0.2, 0.25) is 5.91 Å². The number of benzene rings is 1. The number of amides is 1. The van der Waals surface area contributed by atoms with Crippen molar-refractivity contribution in [1.82, 2.24) is 9.80 Å². The summed E-state index contributed by atoms with van der Waals surface area (Å²) in [5.41, 5.74) is 0.756. The first-order valence-electron chi connectivity index (χ1n) is 8.39. The molecule has 2 aliphatic heterocycles. The summed E-state index contributed by atoms with van der Waals surface area (Å²) in [6, 6.07) is 5.56. The van der Waals surface area contributed by atoms with E-state index in [1.165, 1.54) is 0 Å². The van der Waals surface area contributed by atoms with Crippen LogP contribution in [0.15, 0.2) is 18.2 Å². The van der Waals surface area contributed by atoms with Crippen LogP contribution in [0, 0.1) is 0 Å². The molecule has 0 aromatic heterocycles. The molecule has 126 valence electrons. The minimum Gasteiger partial charge on any atom is -0.490 e. The van der Waals surface area contributed by atoms with Gasteiger partial charge in [-0.25, -0.2) is 0 Å². The number of fused-ring (bicyclic) bond motifs is 1. The number of hydrogen-bond donors (Lipinski definition) is 1. The number of anilines is 1. The van der Waals surface area contributed by atoms with Gasteiger partial charge in [-0.3, -0.25) is 9.69 Å². The zero-order valence-electron chi connectivity index (χ0n) is 13.7. The molecule has 2 aliphatic rings. The fraction of sp³-hybridized carbons (Fsp3) is 0.588. The maximum absolute atomic E-state index is 12.2. The average molecular weight is 319 g/mol. The van der Waals surface area contributed by atoms with Crippen molar-refractivity contribution in [2.24, 2.45) is 0 Å². The third-order valence-electron chi connectivity index (χ3n) is 4.31. The van der Waals surface area contributed by atoms with E-state index in [-0.39, 0.29) is 5.91 Å². The van der Waals surface area contributed by atoms with Crippen LogP contribution in [0.3, 0.4) is 0 Å². The van der Waals surface area contributed by atoms with Gasteiger partial charge < -0.3 is 19.7 Å². The molecule has 0 radical (unpaired) electrons. The second-order valence-corrected chi connectivity index (χ2v) is 5.97. The second-order valence-electron chi connectivity index (χ2n) is 5.97. The van der Waals surface area contributed by atoms with Gasteiger partial charge in [0.15, 0.2) is 11.5 Å². The molecule has 6 nitrogen and oxygen atoms in total. The summed E-state index contributed by atoms with van der Waals surface area (Å²) >= 11 is 0. The Bertz CT molecular complexity index is 542. The zero-order chi connectivity index (χ0) is 16.1. The molecule has 0 unspecified atom stereocenters. The van der Waals surface area contributed by atoms with Crippen LogP contribution in [0.5, 0.6) is 11.5 Å². The number of nitrogens with zero attached hydrogens (tertiary/aromatic N) is 2.